The first-order valence-electron chi connectivity index (χ1n) is 16.2. The molecule has 4 rings (SSSR count). The van der Waals surface area contributed by atoms with E-state index in [1.807, 2.05) is 48.7 Å². The van der Waals surface area contributed by atoms with Gasteiger partial charge in [0.05, 0.1) is 24.7 Å². The number of esters is 2. The minimum absolute atomic E-state index is 0.0362. The van der Waals surface area contributed by atoms with Gasteiger partial charge in [0.15, 0.2) is 6.29 Å². The molecule has 0 spiro atoms. The second-order valence-electron chi connectivity index (χ2n) is 14.3. The van der Waals surface area contributed by atoms with Gasteiger partial charge in [-0.05, 0) is 53.1 Å². The van der Waals surface area contributed by atoms with Crippen LogP contribution in [0.1, 0.15) is 74.1 Å². The van der Waals surface area contributed by atoms with Gasteiger partial charge in [0, 0.05) is 59.3 Å². The first-order chi connectivity index (χ1) is 20.6. The van der Waals surface area contributed by atoms with Gasteiger partial charge in [0.25, 0.3) is 0 Å². The molecule has 0 aromatic rings. The number of carbonyl (C=O) groups excluding carboxylic acids is 3. The lowest BCUT2D eigenvalue weighted by molar-refractivity contribution is -0.292. The monoisotopic (exact) mass is 642 g/mol. The number of methoxy groups -OCH3 is 1. The van der Waals surface area contributed by atoms with E-state index in [9.17, 15) is 14.4 Å². The zero-order valence-electron chi connectivity index (χ0n) is 28.1. The number of hydrogen-bond acceptors (Lipinski definition) is 11. The van der Waals surface area contributed by atoms with Crippen LogP contribution in [0.5, 0.6) is 0 Å². The predicted octanol–water partition coefficient (Wildman–Crippen LogP) is 3.13. The lowest BCUT2D eigenvalue weighted by atomic mass is 9.67. The maximum Gasteiger partial charge on any atom is 0.326 e. The molecule has 252 valence electrons. The second-order valence-corrected chi connectivity index (χ2v) is 14.6. The van der Waals surface area contributed by atoms with E-state index in [1.165, 1.54) is 0 Å². The van der Waals surface area contributed by atoms with E-state index in [0.29, 0.717) is 19.3 Å². The molecule has 0 aromatic heterocycles. The van der Waals surface area contributed by atoms with Crippen molar-refractivity contribution in [2.45, 2.75) is 135 Å². The Hall–Kier alpha value is -1.20. The highest BCUT2D eigenvalue weighted by Crippen LogP contribution is 2.46. The van der Waals surface area contributed by atoms with Crippen molar-refractivity contribution in [3.63, 3.8) is 0 Å². The van der Waals surface area contributed by atoms with Gasteiger partial charge in [0.1, 0.15) is 29.6 Å². The minimum Gasteiger partial charge on any atom is -0.462 e. The summed E-state index contributed by atoms with van der Waals surface area (Å²) < 4.78 is 36.8. The van der Waals surface area contributed by atoms with Crippen molar-refractivity contribution in [1.29, 1.82) is 0 Å². The van der Waals surface area contributed by atoms with Gasteiger partial charge >= 0.3 is 11.9 Å². The third kappa shape index (κ3) is 7.04. The summed E-state index contributed by atoms with van der Waals surface area (Å²) in [5.74, 6) is -1.17. The predicted molar refractivity (Wildman–Crippen MR) is 166 cm³/mol. The number of Topliss-reactive ketones (excluding diaryl/α,β-unsaturated/α-hetero) is 1. The van der Waals surface area contributed by atoms with E-state index in [-0.39, 0.29) is 71.9 Å². The van der Waals surface area contributed by atoms with E-state index in [2.05, 4.69) is 33.5 Å². The van der Waals surface area contributed by atoms with E-state index < -0.39 is 42.3 Å². The van der Waals surface area contributed by atoms with Crippen LogP contribution < -0.4 is 5.32 Å². The molecule has 1 N–H and O–H groups in total. The SMILES string of the molecule is CO[C@@H]1[C@@H](OC2OC(C)C(C)C(N(C)C)C2OP)[C@@H](C)C[C@@H](C)C(=O)C[C@H]2N[C@@]3(C)C(=O)OC(C[C@@H](C)OC(=O)C[C@H]1C)C23. The summed E-state index contributed by atoms with van der Waals surface area (Å²) in [5, 5.41) is 3.32. The first-order valence-corrected chi connectivity index (χ1v) is 16.7. The number of carbonyl (C=O) groups is 3. The Kier molecular flexibility index (Phi) is 11.6. The molecular formula is C32H55N2O9P. The Labute approximate surface area is 265 Å². The summed E-state index contributed by atoms with van der Waals surface area (Å²) in [7, 11) is 8.04. The van der Waals surface area contributed by atoms with Gasteiger partial charge < -0.3 is 33.1 Å². The van der Waals surface area contributed by atoms with Gasteiger partial charge in [-0.2, -0.15) is 0 Å². The van der Waals surface area contributed by atoms with Crippen molar-refractivity contribution in [2.24, 2.45) is 29.6 Å². The molecule has 16 atom stereocenters. The summed E-state index contributed by atoms with van der Waals surface area (Å²) in [6.07, 6.45) is -1.72. The average molecular weight is 643 g/mol. The average Bonchev–Trinajstić information content (AvgIpc) is 3.10. The van der Waals surface area contributed by atoms with Crippen LogP contribution in [0, 0.1) is 29.6 Å². The van der Waals surface area contributed by atoms with Gasteiger partial charge in [-0.25, -0.2) is 0 Å². The quantitative estimate of drug-likeness (QED) is 0.352. The van der Waals surface area contributed by atoms with E-state index in [4.69, 9.17) is 28.2 Å². The molecule has 4 aliphatic rings. The van der Waals surface area contributed by atoms with Crippen molar-refractivity contribution in [3.05, 3.63) is 0 Å². The zero-order chi connectivity index (χ0) is 32.7. The lowest BCUT2D eigenvalue weighted by Gasteiger charge is -2.49. The molecule has 12 heteroatoms. The number of hydrogen-bond donors (Lipinski definition) is 1. The van der Waals surface area contributed by atoms with Crippen LogP contribution in [-0.2, 0) is 42.6 Å². The van der Waals surface area contributed by atoms with Crippen LogP contribution in [0.3, 0.4) is 0 Å². The summed E-state index contributed by atoms with van der Waals surface area (Å²) in [5.41, 5.74) is -0.824. The fraction of sp³-hybridized carbons (Fsp3) is 0.906. The van der Waals surface area contributed by atoms with Crippen molar-refractivity contribution in [1.82, 2.24) is 10.2 Å². The molecule has 4 saturated heterocycles. The molecule has 0 saturated carbocycles. The maximum atomic E-state index is 13.6. The van der Waals surface area contributed by atoms with Crippen LogP contribution in [-0.4, -0.2) is 104 Å². The van der Waals surface area contributed by atoms with Gasteiger partial charge in [-0.1, -0.05) is 27.7 Å². The minimum atomic E-state index is -0.824. The van der Waals surface area contributed by atoms with Crippen molar-refractivity contribution in [3.8, 4) is 0 Å². The molecule has 44 heavy (non-hydrogen) atoms. The van der Waals surface area contributed by atoms with Gasteiger partial charge in [-0.15, -0.1) is 0 Å². The Bertz CT molecular complexity index is 1050. The zero-order valence-corrected chi connectivity index (χ0v) is 29.3. The molecule has 4 aliphatic heterocycles. The Morgan fingerprint density at radius 2 is 1.61 bits per heavy atom. The number of ketones is 1. The smallest absolute Gasteiger partial charge is 0.326 e. The number of cyclic esters (lactones) is 1. The lowest BCUT2D eigenvalue weighted by Crippen LogP contribution is -2.72. The topological polar surface area (TPSA) is 122 Å². The van der Waals surface area contributed by atoms with E-state index in [1.54, 1.807) is 7.11 Å². The largest absolute Gasteiger partial charge is 0.462 e. The molecule has 0 amide bonds. The van der Waals surface area contributed by atoms with E-state index >= 15 is 0 Å². The standard InChI is InChI=1S/C32H55N2O9P/c1-15-11-16(2)28(42-30-29(43-44)26(34(8)9)19(5)20(6)40-30)27(38-10)17(3)12-24(36)39-18(4)13-23-25-21(14-22(15)35)33-32(25,7)31(37)41-23/h15-21,23,25-30,33H,11-14,44H2,1-10H3/t15-,16+,17-,18-,19?,20?,21-,23?,25?,26?,27+,28+,29?,30?,32-/m1/s1. The van der Waals surface area contributed by atoms with E-state index in [0.717, 1.165) is 0 Å². The van der Waals surface area contributed by atoms with Crippen LogP contribution >= 0.6 is 9.47 Å². The Balaban J connectivity index is 1.62. The first kappa shape index (κ1) is 35.7. The number of likely N-dealkylation sites (N-methyl/N-ethyl adjacent to an activating group) is 1. The summed E-state index contributed by atoms with van der Waals surface area (Å²) in [4.78, 5) is 41.7. The summed E-state index contributed by atoms with van der Waals surface area (Å²) in [6.45, 7) is 13.8. The molecule has 8 unspecified atom stereocenters. The molecule has 0 aliphatic carbocycles. The number of nitrogens with zero attached hydrogens (tertiary/aromatic N) is 1. The number of rotatable bonds is 5. The highest BCUT2D eigenvalue weighted by molar-refractivity contribution is 7.09. The normalized spacial score (nSPS) is 47.5. The molecular weight excluding hydrogens is 587 g/mol. The van der Waals surface area contributed by atoms with Crippen molar-refractivity contribution < 1.29 is 42.6 Å². The van der Waals surface area contributed by atoms with Gasteiger partial charge in [-0.3, -0.25) is 19.7 Å². The molecule has 0 radical (unpaired) electrons. The van der Waals surface area contributed by atoms with Crippen LogP contribution in [0.25, 0.3) is 0 Å². The van der Waals surface area contributed by atoms with Crippen LogP contribution in [0.4, 0.5) is 0 Å². The third-order valence-electron chi connectivity index (χ3n) is 10.7. The van der Waals surface area contributed by atoms with Crippen LogP contribution in [0.15, 0.2) is 0 Å². The van der Waals surface area contributed by atoms with Gasteiger partial charge in [0.2, 0.25) is 0 Å². The summed E-state index contributed by atoms with van der Waals surface area (Å²) >= 11 is 0. The third-order valence-corrected chi connectivity index (χ3v) is 11.1. The van der Waals surface area contributed by atoms with Crippen molar-refractivity contribution in [2.75, 3.05) is 21.2 Å². The van der Waals surface area contributed by atoms with Crippen molar-refractivity contribution >= 4 is 27.2 Å². The molecule has 4 fully saturated rings. The molecule has 4 heterocycles. The maximum absolute atomic E-state index is 13.6. The molecule has 0 bridgehead atoms. The Morgan fingerprint density at radius 1 is 0.932 bits per heavy atom. The fourth-order valence-corrected chi connectivity index (χ4v) is 8.52. The second kappa shape index (κ2) is 14.3. The fourth-order valence-electron chi connectivity index (χ4n) is 8.23. The highest BCUT2D eigenvalue weighted by atomic mass is 31.0. The number of nitrogens with one attached hydrogen (secondary N) is 1. The number of ether oxygens (including phenoxy) is 5. The highest BCUT2D eigenvalue weighted by Gasteiger charge is 2.65. The molecule has 0 aromatic carbocycles. The summed E-state index contributed by atoms with van der Waals surface area (Å²) in [6, 6.07) is -0.146. The Morgan fingerprint density at radius 3 is 2.23 bits per heavy atom. The van der Waals surface area contributed by atoms with Crippen LogP contribution in [0.2, 0.25) is 0 Å². The molecule has 11 nitrogen and oxygen atoms in total.